The van der Waals surface area contributed by atoms with Crippen LogP contribution in [0.4, 0.5) is 18.9 Å². The largest absolute Gasteiger partial charge is 0.484 e. The number of ether oxygens (including phenoxy) is 1. The van der Waals surface area contributed by atoms with Gasteiger partial charge in [0.15, 0.2) is 6.61 Å². The summed E-state index contributed by atoms with van der Waals surface area (Å²) in [7, 11) is 1.41. The molecule has 1 N–H and O–H groups in total. The number of hydrogen-bond donors (Lipinski definition) is 1. The molecule has 0 fully saturated rings. The second kappa shape index (κ2) is 6.51. The number of alkyl halides is 3. The van der Waals surface area contributed by atoms with Crippen molar-refractivity contribution in [2.75, 3.05) is 11.9 Å². The van der Waals surface area contributed by atoms with Crippen LogP contribution < -0.4 is 15.6 Å². The van der Waals surface area contributed by atoms with Crippen LogP contribution in [0, 0.1) is 0 Å². The fourth-order valence-electron chi connectivity index (χ4n) is 1.62. The first-order chi connectivity index (χ1) is 10.7. The summed E-state index contributed by atoms with van der Waals surface area (Å²) in [4.78, 5) is 23.1. The van der Waals surface area contributed by atoms with E-state index in [1.54, 1.807) is 0 Å². The van der Waals surface area contributed by atoms with Crippen molar-refractivity contribution < 1.29 is 22.7 Å². The number of aryl methyl sites for hydroxylation is 1. The molecule has 0 aliphatic rings. The van der Waals surface area contributed by atoms with E-state index in [0.29, 0.717) is 5.69 Å². The highest BCUT2D eigenvalue weighted by Gasteiger charge is 2.28. The first kappa shape index (κ1) is 16.5. The number of anilines is 1. The van der Waals surface area contributed by atoms with Crippen molar-refractivity contribution in [3.8, 4) is 5.75 Å². The third kappa shape index (κ3) is 4.83. The predicted molar refractivity (Wildman–Crippen MR) is 75.4 cm³/mol. The van der Waals surface area contributed by atoms with Gasteiger partial charge in [0.05, 0.1) is 0 Å². The molecule has 0 bridgehead atoms. The van der Waals surface area contributed by atoms with Gasteiger partial charge in [-0.05, 0) is 30.3 Å². The van der Waals surface area contributed by atoms with Gasteiger partial charge in [-0.2, -0.15) is 18.3 Å². The molecule has 6 nitrogen and oxygen atoms in total. The highest BCUT2D eigenvalue weighted by Crippen LogP contribution is 2.20. The Morgan fingerprint density at radius 3 is 2.43 bits per heavy atom. The zero-order chi connectivity index (χ0) is 17.0. The quantitative estimate of drug-likeness (QED) is 0.932. The van der Waals surface area contributed by atoms with Crippen molar-refractivity contribution in [1.29, 1.82) is 0 Å². The number of carbonyl (C=O) groups is 1. The number of benzene rings is 1. The first-order valence-corrected chi connectivity index (χ1v) is 6.40. The number of rotatable bonds is 4. The van der Waals surface area contributed by atoms with Gasteiger partial charge in [0, 0.05) is 18.8 Å². The Kier molecular flexibility index (Phi) is 4.68. The van der Waals surface area contributed by atoms with Crippen LogP contribution in [0.5, 0.6) is 5.75 Å². The van der Waals surface area contributed by atoms with Crippen molar-refractivity contribution in [3.05, 3.63) is 52.4 Å². The van der Waals surface area contributed by atoms with Gasteiger partial charge in [-0.3, -0.25) is 9.59 Å². The second-order valence-electron chi connectivity index (χ2n) is 4.56. The molecule has 9 heteroatoms. The van der Waals surface area contributed by atoms with Gasteiger partial charge in [0.1, 0.15) is 11.4 Å². The molecule has 1 heterocycles. The average Bonchev–Trinajstić information content (AvgIpc) is 2.48. The van der Waals surface area contributed by atoms with Crippen LogP contribution in [0.2, 0.25) is 0 Å². The predicted octanol–water partition coefficient (Wildman–Crippen LogP) is 1.97. The Labute approximate surface area is 128 Å². The van der Waals surface area contributed by atoms with Gasteiger partial charge in [-0.1, -0.05) is 0 Å². The molecule has 0 aliphatic heterocycles. The van der Waals surface area contributed by atoms with E-state index in [9.17, 15) is 22.8 Å². The Morgan fingerprint density at radius 2 is 1.87 bits per heavy atom. The van der Waals surface area contributed by atoms with Crippen molar-refractivity contribution in [2.24, 2.45) is 7.05 Å². The number of amides is 1. The van der Waals surface area contributed by atoms with Crippen LogP contribution >= 0.6 is 0 Å². The molecule has 0 aliphatic carbocycles. The van der Waals surface area contributed by atoms with E-state index in [0.717, 1.165) is 4.68 Å². The van der Waals surface area contributed by atoms with Gasteiger partial charge in [0.2, 0.25) is 0 Å². The van der Waals surface area contributed by atoms with Crippen LogP contribution in [0.1, 0.15) is 10.5 Å². The standard InChI is InChI=1S/C14H12F3N3O3/c1-20-12(21)7-6-11(19-20)13(22)18-9-2-4-10(5-3-9)23-8-14(15,16)17/h2-7H,8H2,1H3,(H,18,22). The van der Waals surface area contributed by atoms with E-state index in [1.807, 2.05) is 0 Å². The highest BCUT2D eigenvalue weighted by atomic mass is 19.4. The Hall–Kier alpha value is -2.84. The van der Waals surface area contributed by atoms with Crippen LogP contribution in [-0.4, -0.2) is 28.5 Å². The fraction of sp³-hybridized carbons (Fsp3) is 0.214. The summed E-state index contributed by atoms with van der Waals surface area (Å²) < 4.78 is 41.7. The SMILES string of the molecule is Cn1nc(C(=O)Nc2ccc(OCC(F)(F)F)cc2)ccc1=O. The number of nitrogens with zero attached hydrogens (tertiary/aromatic N) is 2. The van der Waals surface area contributed by atoms with Crippen molar-refractivity contribution in [3.63, 3.8) is 0 Å². The molecule has 0 unspecified atom stereocenters. The number of halogens is 3. The maximum atomic E-state index is 12.0. The van der Waals surface area contributed by atoms with Crippen molar-refractivity contribution in [1.82, 2.24) is 9.78 Å². The minimum absolute atomic E-state index is 0.0283. The molecule has 0 spiro atoms. The summed E-state index contributed by atoms with van der Waals surface area (Å²) in [5.74, 6) is -0.523. The molecule has 1 amide bonds. The molecular weight excluding hydrogens is 315 g/mol. The zero-order valence-corrected chi connectivity index (χ0v) is 11.9. The summed E-state index contributed by atoms with van der Waals surface area (Å²) in [6.45, 7) is -1.39. The van der Waals surface area contributed by atoms with E-state index in [-0.39, 0.29) is 17.0 Å². The Morgan fingerprint density at radius 1 is 1.22 bits per heavy atom. The summed E-state index contributed by atoms with van der Waals surface area (Å²) in [5, 5.41) is 6.30. The molecule has 0 saturated heterocycles. The fourth-order valence-corrected chi connectivity index (χ4v) is 1.62. The van der Waals surface area contributed by atoms with Crippen LogP contribution in [0.3, 0.4) is 0 Å². The molecule has 1 aromatic heterocycles. The van der Waals surface area contributed by atoms with Gasteiger partial charge < -0.3 is 10.1 Å². The lowest BCUT2D eigenvalue weighted by atomic mass is 10.3. The molecule has 0 atom stereocenters. The number of nitrogens with one attached hydrogen (secondary N) is 1. The first-order valence-electron chi connectivity index (χ1n) is 6.40. The van der Waals surface area contributed by atoms with Gasteiger partial charge >= 0.3 is 6.18 Å². The minimum atomic E-state index is -4.41. The van der Waals surface area contributed by atoms with Crippen molar-refractivity contribution >= 4 is 11.6 Å². The molecule has 122 valence electrons. The summed E-state index contributed by atoms with van der Waals surface area (Å²) in [5.41, 5.74) is 0.0298. The lowest BCUT2D eigenvalue weighted by Crippen LogP contribution is -2.23. The van der Waals surface area contributed by atoms with Crippen LogP contribution in [0.25, 0.3) is 0 Å². The normalized spacial score (nSPS) is 11.1. The maximum absolute atomic E-state index is 12.0. The number of hydrogen-bond acceptors (Lipinski definition) is 4. The minimum Gasteiger partial charge on any atom is -0.484 e. The topological polar surface area (TPSA) is 73.2 Å². The Bertz CT molecular complexity index is 754. The van der Waals surface area contributed by atoms with Crippen LogP contribution in [-0.2, 0) is 7.05 Å². The molecule has 23 heavy (non-hydrogen) atoms. The molecule has 0 radical (unpaired) electrons. The van der Waals surface area contributed by atoms with E-state index in [1.165, 1.54) is 43.4 Å². The third-order valence-corrected chi connectivity index (χ3v) is 2.71. The zero-order valence-electron chi connectivity index (χ0n) is 11.9. The van der Waals surface area contributed by atoms with E-state index < -0.39 is 18.7 Å². The van der Waals surface area contributed by atoms with Gasteiger partial charge in [0.25, 0.3) is 11.5 Å². The van der Waals surface area contributed by atoms with E-state index >= 15 is 0 Å². The lowest BCUT2D eigenvalue weighted by molar-refractivity contribution is -0.153. The van der Waals surface area contributed by atoms with E-state index in [2.05, 4.69) is 15.2 Å². The second-order valence-corrected chi connectivity index (χ2v) is 4.56. The number of carbonyl (C=O) groups excluding carboxylic acids is 1. The van der Waals surface area contributed by atoms with Crippen molar-refractivity contribution in [2.45, 2.75) is 6.18 Å². The van der Waals surface area contributed by atoms with Crippen LogP contribution in [0.15, 0.2) is 41.2 Å². The third-order valence-electron chi connectivity index (χ3n) is 2.71. The van der Waals surface area contributed by atoms with E-state index in [4.69, 9.17) is 0 Å². The molecule has 0 saturated carbocycles. The molecule has 2 rings (SSSR count). The average molecular weight is 327 g/mol. The van der Waals surface area contributed by atoms with Gasteiger partial charge in [-0.25, -0.2) is 4.68 Å². The summed E-state index contributed by atoms with van der Waals surface area (Å²) in [6, 6.07) is 7.87. The van der Waals surface area contributed by atoms with Gasteiger partial charge in [-0.15, -0.1) is 0 Å². The smallest absolute Gasteiger partial charge is 0.422 e. The molecule has 2 aromatic rings. The Balaban J connectivity index is 2.01. The molecule has 1 aromatic carbocycles. The summed E-state index contributed by atoms with van der Waals surface area (Å²) >= 11 is 0. The maximum Gasteiger partial charge on any atom is 0.422 e. The monoisotopic (exact) mass is 327 g/mol. The summed E-state index contributed by atoms with van der Waals surface area (Å²) in [6.07, 6.45) is -4.41. The lowest BCUT2D eigenvalue weighted by Gasteiger charge is -2.10. The highest BCUT2D eigenvalue weighted by molar-refractivity contribution is 6.02. The number of aromatic nitrogens is 2. The molecular formula is C14H12F3N3O3.